The molecule has 0 aromatic heterocycles. The topological polar surface area (TPSA) is 72.8 Å². The standard InChI is InChI=1S/C18H18O5/c1-13(17(19)11-18(20)21)23-16-9-7-15(8-10-16)22-12-14-5-3-2-4-6-14/h2-10,13H,11-12H2,1H3,(H,20,21). The number of hydrogen-bond donors (Lipinski definition) is 1. The Balaban J connectivity index is 1.86. The van der Waals surface area contributed by atoms with Crippen molar-refractivity contribution in [2.75, 3.05) is 0 Å². The third kappa shape index (κ3) is 5.47. The van der Waals surface area contributed by atoms with E-state index in [4.69, 9.17) is 14.6 Å². The zero-order valence-corrected chi connectivity index (χ0v) is 12.8. The molecule has 2 rings (SSSR count). The fourth-order valence-corrected chi connectivity index (χ4v) is 1.92. The number of Topliss-reactive ketones (excluding diaryl/α,β-unsaturated/α-hetero) is 1. The van der Waals surface area contributed by atoms with Gasteiger partial charge in [-0.15, -0.1) is 0 Å². The largest absolute Gasteiger partial charge is 0.489 e. The average Bonchev–Trinajstić information content (AvgIpc) is 2.54. The van der Waals surface area contributed by atoms with E-state index < -0.39 is 24.3 Å². The van der Waals surface area contributed by atoms with Crippen molar-refractivity contribution in [3.8, 4) is 11.5 Å². The van der Waals surface area contributed by atoms with E-state index in [1.54, 1.807) is 24.3 Å². The number of ether oxygens (including phenoxy) is 2. The maximum absolute atomic E-state index is 11.6. The first-order chi connectivity index (χ1) is 11.0. The number of carbonyl (C=O) groups excluding carboxylic acids is 1. The Bertz CT molecular complexity index is 649. The molecule has 0 heterocycles. The lowest BCUT2D eigenvalue weighted by Crippen LogP contribution is -2.25. The lowest BCUT2D eigenvalue weighted by Gasteiger charge is -2.13. The van der Waals surface area contributed by atoms with Gasteiger partial charge in [-0.25, -0.2) is 0 Å². The zero-order valence-electron chi connectivity index (χ0n) is 12.8. The molecular formula is C18H18O5. The van der Waals surface area contributed by atoms with Crippen molar-refractivity contribution in [1.82, 2.24) is 0 Å². The Morgan fingerprint density at radius 2 is 1.61 bits per heavy atom. The third-order valence-corrected chi connectivity index (χ3v) is 3.16. The van der Waals surface area contributed by atoms with E-state index in [-0.39, 0.29) is 0 Å². The highest BCUT2D eigenvalue weighted by atomic mass is 16.5. The van der Waals surface area contributed by atoms with E-state index in [2.05, 4.69) is 0 Å². The maximum atomic E-state index is 11.6. The molecule has 0 aliphatic rings. The molecule has 0 bridgehead atoms. The number of rotatable bonds is 8. The quantitative estimate of drug-likeness (QED) is 0.758. The fraction of sp³-hybridized carbons (Fsp3) is 0.222. The minimum Gasteiger partial charge on any atom is -0.489 e. The Labute approximate surface area is 134 Å². The molecule has 1 unspecified atom stereocenters. The second-order valence-electron chi connectivity index (χ2n) is 5.04. The molecule has 0 radical (unpaired) electrons. The third-order valence-electron chi connectivity index (χ3n) is 3.16. The molecule has 0 saturated carbocycles. The van der Waals surface area contributed by atoms with Gasteiger partial charge in [0.25, 0.3) is 0 Å². The molecule has 0 aliphatic heterocycles. The highest BCUT2D eigenvalue weighted by molar-refractivity contribution is 5.97. The summed E-state index contributed by atoms with van der Waals surface area (Å²) >= 11 is 0. The summed E-state index contributed by atoms with van der Waals surface area (Å²) in [6, 6.07) is 16.7. The van der Waals surface area contributed by atoms with E-state index in [0.717, 1.165) is 5.56 Å². The highest BCUT2D eigenvalue weighted by Gasteiger charge is 2.17. The molecule has 23 heavy (non-hydrogen) atoms. The smallest absolute Gasteiger partial charge is 0.311 e. The number of benzene rings is 2. The number of aliphatic carboxylic acids is 1. The van der Waals surface area contributed by atoms with E-state index >= 15 is 0 Å². The zero-order chi connectivity index (χ0) is 16.7. The van der Waals surface area contributed by atoms with Gasteiger partial charge >= 0.3 is 5.97 Å². The second-order valence-corrected chi connectivity index (χ2v) is 5.04. The van der Waals surface area contributed by atoms with Crippen LogP contribution >= 0.6 is 0 Å². The van der Waals surface area contributed by atoms with Crippen LogP contribution in [0.2, 0.25) is 0 Å². The Kier molecular flexibility index (Phi) is 5.74. The minimum atomic E-state index is -1.16. The molecule has 1 N–H and O–H groups in total. The molecule has 2 aromatic carbocycles. The summed E-state index contributed by atoms with van der Waals surface area (Å²) in [4.78, 5) is 22.1. The number of carbonyl (C=O) groups is 2. The van der Waals surface area contributed by atoms with Crippen LogP contribution in [0.25, 0.3) is 0 Å². The highest BCUT2D eigenvalue weighted by Crippen LogP contribution is 2.20. The summed E-state index contributed by atoms with van der Waals surface area (Å²) in [7, 11) is 0. The lowest BCUT2D eigenvalue weighted by molar-refractivity contribution is -0.141. The first-order valence-corrected chi connectivity index (χ1v) is 7.22. The van der Waals surface area contributed by atoms with Crippen molar-refractivity contribution in [1.29, 1.82) is 0 Å². The summed E-state index contributed by atoms with van der Waals surface area (Å²) in [5.41, 5.74) is 1.07. The predicted octanol–water partition coefficient (Wildman–Crippen LogP) is 3.08. The van der Waals surface area contributed by atoms with Crippen LogP contribution in [0.5, 0.6) is 11.5 Å². The van der Waals surface area contributed by atoms with Gasteiger partial charge in [0.15, 0.2) is 11.9 Å². The van der Waals surface area contributed by atoms with Crippen LogP contribution in [-0.2, 0) is 16.2 Å². The average molecular weight is 314 g/mol. The minimum absolute atomic E-state index is 0.467. The summed E-state index contributed by atoms with van der Waals surface area (Å²) in [6.45, 7) is 2.00. The van der Waals surface area contributed by atoms with Gasteiger partial charge in [-0.2, -0.15) is 0 Å². The van der Waals surface area contributed by atoms with E-state index in [9.17, 15) is 9.59 Å². The van der Waals surface area contributed by atoms with Gasteiger partial charge in [-0.05, 0) is 36.8 Å². The van der Waals surface area contributed by atoms with Gasteiger partial charge in [0.05, 0.1) is 0 Å². The molecule has 0 aliphatic carbocycles. The van der Waals surface area contributed by atoms with Crippen molar-refractivity contribution < 1.29 is 24.2 Å². The number of carboxylic acid groups (broad SMARTS) is 1. The van der Waals surface area contributed by atoms with Crippen molar-refractivity contribution in [2.45, 2.75) is 26.1 Å². The van der Waals surface area contributed by atoms with Crippen LogP contribution in [0.3, 0.4) is 0 Å². The van der Waals surface area contributed by atoms with Crippen LogP contribution in [0.4, 0.5) is 0 Å². The normalized spacial score (nSPS) is 11.5. The van der Waals surface area contributed by atoms with Crippen LogP contribution in [0, 0.1) is 0 Å². The van der Waals surface area contributed by atoms with Crippen LogP contribution < -0.4 is 9.47 Å². The van der Waals surface area contributed by atoms with Crippen molar-refractivity contribution >= 4 is 11.8 Å². The Morgan fingerprint density at radius 3 is 2.22 bits per heavy atom. The number of carboxylic acids is 1. The maximum Gasteiger partial charge on any atom is 0.311 e. The van der Waals surface area contributed by atoms with Crippen LogP contribution in [0.15, 0.2) is 54.6 Å². The summed E-state index contributed by atoms with van der Waals surface area (Å²) < 4.78 is 11.1. The number of hydrogen-bond acceptors (Lipinski definition) is 4. The lowest BCUT2D eigenvalue weighted by atomic mass is 10.2. The van der Waals surface area contributed by atoms with Crippen LogP contribution in [0.1, 0.15) is 18.9 Å². The Hall–Kier alpha value is -2.82. The van der Waals surface area contributed by atoms with Gasteiger partial charge in [0.2, 0.25) is 0 Å². The first kappa shape index (κ1) is 16.5. The molecule has 2 aromatic rings. The molecule has 5 nitrogen and oxygen atoms in total. The Morgan fingerprint density at radius 1 is 1.00 bits per heavy atom. The molecule has 0 amide bonds. The first-order valence-electron chi connectivity index (χ1n) is 7.22. The summed E-state index contributed by atoms with van der Waals surface area (Å²) in [5.74, 6) is -0.453. The van der Waals surface area contributed by atoms with Gasteiger partial charge in [-0.3, -0.25) is 9.59 Å². The van der Waals surface area contributed by atoms with Crippen molar-refractivity contribution in [3.05, 3.63) is 60.2 Å². The van der Waals surface area contributed by atoms with Crippen molar-refractivity contribution in [2.24, 2.45) is 0 Å². The SMILES string of the molecule is CC(Oc1ccc(OCc2ccccc2)cc1)C(=O)CC(=O)O. The van der Waals surface area contributed by atoms with Crippen LogP contribution in [-0.4, -0.2) is 23.0 Å². The molecule has 0 spiro atoms. The monoisotopic (exact) mass is 314 g/mol. The van der Waals surface area contributed by atoms with Gasteiger partial charge in [0.1, 0.15) is 24.5 Å². The predicted molar refractivity (Wildman–Crippen MR) is 84.6 cm³/mol. The molecule has 1 atom stereocenters. The van der Waals surface area contributed by atoms with E-state index in [0.29, 0.717) is 18.1 Å². The number of ketones is 1. The van der Waals surface area contributed by atoms with E-state index in [1.165, 1.54) is 6.92 Å². The fourth-order valence-electron chi connectivity index (χ4n) is 1.92. The van der Waals surface area contributed by atoms with Crippen molar-refractivity contribution in [3.63, 3.8) is 0 Å². The summed E-state index contributed by atoms with van der Waals surface area (Å²) in [6.07, 6.45) is -1.35. The summed E-state index contributed by atoms with van der Waals surface area (Å²) in [5, 5.41) is 8.60. The molecular weight excluding hydrogens is 296 g/mol. The molecule has 120 valence electrons. The van der Waals surface area contributed by atoms with Gasteiger partial charge < -0.3 is 14.6 Å². The van der Waals surface area contributed by atoms with E-state index in [1.807, 2.05) is 30.3 Å². The molecule has 0 saturated heterocycles. The second kappa shape index (κ2) is 7.98. The van der Waals surface area contributed by atoms with Gasteiger partial charge in [-0.1, -0.05) is 30.3 Å². The molecule has 0 fully saturated rings. The van der Waals surface area contributed by atoms with Gasteiger partial charge in [0, 0.05) is 0 Å². The molecule has 5 heteroatoms.